The number of halogens is 2. The smallest absolute Gasteiger partial charge is 0.282 e. The van der Waals surface area contributed by atoms with E-state index in [9.17, 15) is 13.6 Å². The van der Waals surface area contributed by atoms with Crippen molar-refractivity contribution in [1.29, 1.82) is 0 Å². The summed E-state index contributed by atoms with van der Waals surface area (Å²) in [5.41, 5.74) is 0.565. The van der Waals surface area contributed by atoms with Crippen LogP contribution in [0.5, 0.6) is 0 Å². The third-order valence-electron chi connectivity index (χ3n) is 7.16. The van der Waals surface area contributed by atoms with Crippen LogP contribution < -0.4 is 10.2 Å². The van der Waals surface area contributed by atoms with Crippen molar-refractivity contribution < 1.29 is 13.6 Å². The quantitative estimate of drug-likeness (QED) is 0.770. The number of hydrogen-bond acceptors (Lipinski definition) is 4. The van der Waals surface area contributed by atoms with E-state index < -0.39 is 12.3 Å². The Balaban J connectivity index is 1.64. The maximum atomic E-state index is 13.6. The van der Waals surface area contributed by atoms with Gasteiger partial charge >= 0.3 is 0 Å². The van der Waals surface area contributed by atoms with Gasteiger partial charge in [-0.1, -0.05) is 27.2 Å². The van der Waals surface area contributed by atoms with Gasteiger partial charge in [0.25, 0.3) is 12.3 Å². The van der Waals surface area contributed by atoms with Crippen LogP contribution in [-0.2, 0) is 0 Å². The van der Waals surface area contributed by atoms with Crippen molar-refractivity contribution in [2.75, 3.05) is 38.1 Å². The van der Waals surface area contributed by atoms with Crippen LogP contribution in [0.2, 0.25) is 0 Å². The fraction of sp³-hybridized carbons (Fsp3) is 0.727. The van der Waals surface area contributed by atoms with Crippen LogP contribution in [0.25, 0.3) is 0 Å². The molecule has 1 amide bonds. The third kappa shape index (κ3) is 4.71. The standard InChI is InChI=1S/C22H34F2N4O/c1-5-22(2,3)15-6-7-16(14-15)27-10-12-28(13-11-27)18-9-8-17(21(29)25-4)26-19(18)20(23)24/h8-9,15-16,20H,5-7,10-14H2,1-4H3,(H,25,29). The molecule has 2 aliphatic rings. The van der Waals surface area contributed by atoms with E-state index in [2.05, 4.69) is 36.0 Å². The minimum atomic E-state index is -2.71. The lowest BCUT2D eigenvalue weighted by Gasteiger charge is -2.40. The molecule has 3 rings (SSSR count). The van der Waals surface area contributed by atoms with E-state index in [1.807, 2.05) is 4.90 Å². The molecule has 1 N–H and O–H groups in total. The molecule has 2 heterocycles. The van der Waals surface area contributed by atoms with Crippen molar-refractivity contribution in [3.63, 3.8) is 0 Å². The maximum absolute atomic E-state index is 13.6. The monoisotopic (exact) mass is 408 g/mol. The number of carbonyl (C=O) groups excluding carboxylic acids is 1. The molecule has 5 nitrogen and oxygen atoms in total. The molecule has 1 saturated carbocycles. The Kier molecular flexibility index (Phi) is 6.76. The van der Waals surface area contributed by atoms with Crippen LogP contribution >= 0.6 is 0 Å². The van der Waals surface area contributed by atoms with E-state index in [0.29, 0.717) is 30.2 Å². The highest BCUT2D eigenvalue weighted by Gasteiger charge is 2.38. The molecule has 1 aliphatic carbocycles. The molecule has 1 aromatic rings. The summed E-state index contributed by atoms with van der Waals surface area (Å²) < 4.78 is 27.2. The molecule has 2 unspecified atom stereocenters. The molecule has 29 heavy (non-hydrogen) atoms. The predicted octanol–water partition coefficient (Wildman–Crippen LogP) is 4.11. The Morgan fingerprint density at radius 3 is 2.52 bits per heavy atom. The average molecular weight is 409 g/mol. The van der Waals surface area contributed by atoms with E-state index in [4.69, 9.17) is 0 Å². The molecule has 162 valence electrons. The van der Waals surface area contributed by atoms with Gasteiger partial charge in [0.15, 0.2) is 0 Å². The molecule has 0 spiro atoms. The Morgan fingerprint density at radius 1 is 1.24 bits per heavy atom. The molecule has 2 atom stereocenters. The fourth-order valence-corrected chi connectivity index (χ4v) is 4.77. The minimum absolute atomic E-state index is 0.0284. The van der Waals surface area contributed by atoms with Gasteiger partial charge in [-0.15, -0.1) is 0 Å². The first-order valence-corrected chi connectivity index (χ1v) is 10.8. The van der Waals surface area contributed by atoms with Crippen molar-refractivity contribution in [2.24, 2.45) is 11.3 Å². The predicted molar refractivity (Wildman–Crippen MR) is 112 cm³/mol. The topological polar surface area (TPSA) is 48.5 Å². The summed E-state index contributed by atoms with van der Waals surface area (Å²) in [7, 11) is 1.47. The summed E-state index contributed by atoms with van der Waals surface area (Å²) in [4.78, 5) is 20.2. The summed E-state index contributed by atoms with van der Waals surface area (Å²) in [6.07, 6.45) is 2.25. The summed E-state index contributed by atoms with van der Waals surface area (Å²) in [5.74, 6) is 0.316. The number of nitrogens with one attached hydrogen (secondary N) is 1. The van der Waals surface area contributed by atoms with E-state index in [1.165, 1.54) is 38.8 Å². The summed E-state index contributed by atoms with van der Waals surface area (Å²) in [5, 5.41) is 2.44. The van der Waals surface area contributed by atoms with Gasteiger partial charge in [0.2, 0.25) is 0 Å². The Bertz CT molecular complexity index is 717. The molecular weight excluding hydrogens is 374 g/mol. The van der Waals surface area contributed by atoms with Crippen LogP contribution in [0.3, 0.4) is 0 Å². The van der Waals surface area contributed by atoms with Gasteiger partial charge in [-0.25, -0.2) is 13.8 Å². The number of carbonyl (C=O) groups is 1. The Morgan fingerprint density at radius 2 is 1.93 bits per heavy atom. The fourth-order valence-electron chi connectivity index (χ4n) is 4.77. The average Bonchev–Trinajstić information content (AvgIpc) is 3.24. The first-order chi connectivity index (χ1) is 13.8. The largest absolute Gasteiger partial charge is 0.367 e. The van der Waals surface area contributed by atoms with Crippen molar-refractivity contribution >= 4 is 11.6 Å². The Labute approximate surface area is 172 Å². The highest BCUT2D eigenvalue weighted by Crippen LogP contribution is 2.43. The van der Waals surface area contributed by atoms with E-state index in [-0.39, 0.29) is 11.4 Å². The number of hydrogen-bond donors (Lipinski definition) is 1. The van der Waals surface area contributed by atoms with Crippen LogP contribution in [0.15, 0.2) is 12.1 Å². The number of amides is 1. The molecule has 0 aromatic carbocycles. The van der Waals surface area contributed by atoms with Crippen LogP contribution in [0.1, 0.15) is 69.1 Å². The SMILES string of the molecule is CCC(C)(C)C1CCC(N2CCN(c3ccc(C(=O)NC)nc3C(F)F)CC2)C1. The number of nitrogens with zero attached hydrogens (tertiary/aromatic N) is 3. The molecule has 0 bridgehead atoms. The van der Waals surface area contributed by atoms with Crippen molar-refractivity contribution in [2.45, 2.75) is 58.9 Å². The lowest BCUT2D eigenvalue weighted by Crippen LogP contribution is -2.50. The third-order valence-corrected chi connectivity index (χ3v) is 7.16. The summed E-state index contributed by atoms with van der Waals surface area (Å²) in [6.45, 7) is 10.2. The number of alkyl halides is 2. The van der Waals surface area contributed by atoms with Gasteiger partial charge < -0.3 is 10.2 Å². The lowest BCUT2D eigenvalue weighted by atomic mass is 9.76. The van der Waals surface area contributed by atoms with Gasteiger partial charge in [-0.2, -0.15) is 0 Å². The van der Waals surface area contributed by atoms with Gasteiger partial charge in [0.1, 0.15) is 11.4 Å². The summed E-state index contributed by atoms with van der Waals surface area (Å²) >= 11 is 0. The second kappa shape index (κ2) is 8.94. The second-order valence-electron chi connectivity index (χ2n) is 9.01. The number of pyridine rings is 1. The molecule has 1 aliphatic heterocycles. The molecule has 0 radical (unpaired) electrons. The lowest BCUT2D eigenvalue weighted by molar-refractivity contribution is 0.0956. The van der Waals surface area contributed by atoms with Crippen molar-refractivity contribution in [1.82, 2.24) is 15.2 Å². The molecule has 1 aromatic heterocycles. The zero-order valence-corrected chi connectivity index (χ0v) is 18.0. The first kappa shape index (κ1) is 21.9. The van der Waals surface area contributed by atoms with Gasteiger partial charge in [-0.3, -0.25) is 9.69 Å². The Hall–Kier alpha value is -1.76. The van der Waals surface area contributed by atoms with Crippen molar-refractivity contribution in [3.05, 3.63) is 23.5 Å². The molecular formula is C22H34F2N4O. The first-order valence-electron chi connectivity index (χ1n) is 10.8. The highest BCUT2D eigenvalue weighted by molar-refractivity contribution is 5.92. The van der Waals surface area contributed by atoms with Crippen molar-refractivity contribution in [3.8, 4) is 0 Å². The van der Waals surface area contributed by atoms with Crippen LogP contribution in [-0.4, -0.2) is 55.1 Å². The molecule has 7 heteroatoms. The molecule has 2 fully saturated rings. The van der Waals surface area contributed by atoms with Crippen LogP contribution in [0, 0.1) is 11.3 Å². The van der Waals surface area contributed by atoms with E-state index >= 15 is 0 Å². The van der Waals surface area contributed by atoms with Gasteiger partial charge in [0.05, 0.1) is 5.69 Å². The highest BCUT2D eigenvalue weighted by atomic mass is 19.3. The van der Waals surface area contributed by atoms with Gasteiger partial charge in [0, 0.05) is 39.3 Å². The second-order valence-corrected chi connectivity index (χ2v) is 9.01. The van der Waals surface area contributed by atoms with E-state index in [1.54, 1.807) is 6.07 Å². The zero-order valence-electron chi connectivity index (χ0n) is 18.0. The summed E-state index contributed by atoms with van der Waals surface area (Å²) in [6, 6.07) is 3.75. The minimum Gasteiger partial charge on any atom is -0.367 e. The normalized spacial score (nSPS) is 23.6. The molecule has 1 saturated heterocycles. The number of aromatic nitrogens is 1. The number of anilines is 1. The maximum Gasteiger partial charge on any atom is 0.282 e. The van der Waals surface area contributed by atoms with Crippen LogP contribution in [0.4, 0.5) is 14.5 Å². The van der Waals surface area contributed by atoms with Gasteiger partial charge in [-0.05, 0) is 42.7 Å². The van der Waals surface area contributed by atoms with E-state index in [0.717, 1.165) is 19.0 Å². The zero-order chi connectivity index (χ0) is 21.2. The number of rotatable bonds is 6. The number of piperazine rings is 1.